The number of rotatable bonds is 6. The molecule has 0 saturated carbocycles. The molecule has 5 aromatic rings. The maximum absolute atomic E-state index is 4.43. The summed E-state index contributed by atoms with van der Waals surface area (Å²) >= 11 is 4.57. The lowest BCUT2D eigenvalue weighted by atomic mass is 10.1. The third-order valence-corrected chi connectivity index (χ3v) is 6.97. The van der Waals surface area contributed by atoms with Gasteiger partial charge in [-0.15, -0.1) is 10.2 Å². The van der Waals surface area contributed by atoms with Crippen LogP contribution in [0.15, 0.2) is 73.1 Å². The molecule has 158 valence electrons. The molecule has 4 heterocycles. The van der Waals surface area contributed by atoms with Crippen LogP contribution in [-0.2, 0) is 13.1 Å². The Morgan fingerprint density at radius 2 is 1.12 bits per heavy atom. The van der Waals surface area contributed by atoms with Gasteiger partial charge in [-0.25, -0.2) is 9.36 Å². The van der Waals surface area contributed by atoms with Gasteiger partial charge in [-0.2, -0.15) is 0 Å². The minimum atomic E-state index is 0.575. The summed E-state index contributed by atoms with van der Waals surface area (Å²) in [7, 11) is 0. The summed E-state index contributed by atoms with van der Waals surface area (Å²) in [6.45, 7) is 1.15. The second kappa shape index (κ2) is 9.40. The first kappa shape index (κ1) is 21.1. The molecule has 0 N–H and O–H groups in total. The lowest BCUT2D eigenvalue weighted by molar-refractivity contribution is 0.626. The van der Waals surface area contributed by atoms with Gasteiger partial charge in [0, 0.05) is 23.5 Å². The molecule has 8 nitrogen and oxygen atoms in total. The summed E-state index contributed by atoms with van der Waals surface area (Å²) in [5.41, 5.74) is 5.51. The van der Waals surface area contributed by atoms with Crippen LogP contribution < -0.4 is 0 Å². The zero-order chi connectivity index (χ0) is 21.9. The van der Waals surface area contributed by atoms with Gasteiger partial charge >= 0.3 is 0 Å². The highest BCUT2D eigenvalue weighted by molar-refractivity contribution is 14.1. The molecular weight excluding hydrogens is 630 g/mol. The highest BCUT2D eigenvalue weighted by Crippen LogP contribution is 2.29. The number of pyridine rings is 2. The zero-order valence-corrected chi connectivity index (χ0v) is 21.0. The van der Waals surface area contributed by atoms with Crippen molar-refractivity contribution in [1.82, 2.24) is 40.0 Å². The molecular formula is C22H16I2N8. The smallest absolute Gasteiger partial charge is 0.128 e. The fourth-order valence-corrected chi connectivity index (χ4v) is 4.64. The molecule has 0 aliphatic rings. The Hall–Kier alpha value is -2.74. The largest absolute Gasteiger partial charge is 0.259 e. The Labute approximate surface area is 211 Å². The summed E-state index contributed by atoms with van der Waals surface area (Å²) in [6, 6.07) is 19.9. The minimum absolute atomic E-state index is 0.575. The van der Waals surface area contributed by atoms with Gasteiger partial charge in [0.05, 0.1) is 24.5 Å². The van der Waals surface area contributed by atoms with E-state index in [-0.39, 0.29) is 0 Å². The summed E-state index contributed by atoms with van der Waals surface area (Å²) in [5.74, 6) is 0. The number of aromatic nitrogens is 8. The third kappa shape index (κ3) is 4.41. The van der Waals surface area contributed by atoms with Gasteiger partial charge in [-0.3, -0.25) is 9.97 Å². The molecule has 0 aliphatic heterocycles. The van der Waals surface area contributed by atoms with Crippen LogP contribution in [0.3, 0.4) is 0 Å². The third-order valence-electron chi connectivity index (χ3n) is 4.83. The molecule has 0 amide bonds. The van der Waals surface area contributed by atoms with Gasteiger partial charge in [-0.1, -0.05) is 40.8 Å². The van der Waals surface area contributed by atoms with E-state index in [9.17, 15) is 0 Å². The highest BCUT2D eigenvalue weighted by atomic mass is 127. The predicted octanol–water partition coefficient (Wildman–Crippen LogP) is 4.30. The van der Waals surface area contributed by atoms with Gasteiger partial charge in [-0.05, 0) is 75.5 Å². The van der Waals surface area contributed by atoms with Crippen LogP contribution >= 0.6 is 45.2 Å². The first-order valence-corrected chi connectivity index (χ1v) is 11.9. The van der Waals surface area contributed by atoms with Crippen LogP contribution in [0.4, 0.5) is 0 Å². The van der Waals surface area contributed by atoms with E-state index in [0.29, 0.717) is 13.1 Å². The molecule has 5 rings (SSSR count). The number of nitrogens with zero attached hydrogens (tertiary/aromatic N) is 8. The molecule has 4 aromatic heterocycles. The predicted molar refractivity (Wildman–Crippen MR) is 137 cm³/mol. The van der Waals surface area contributed by atoms with E-state index in [1.807, 2.05) is 64.0 Å². The van der Waals surface area contributed by atoms with Crippen LogP contribution in [0.1, 0.15) is 11.4 Å². The minimum Gasteiger partial charge on any atom is -0.259 e. The van der Waals surface area contributed by atoms with Crippen molar-refractivity contribution in [2.24, 2.45) is 0 Å². The molecule has 0 unspecified atom stereocenters. The van der Waals surface area contributed by atoms with E-state index < -0.39 is 0 Å². The second-order valence-corrected chi connectivity index (χ2v) is 9.04. The van der Waals surface area contributed by atoms with Gasteiger partial charge in [0.15, 0.2) is 0 Å². The molecule has 1 aromatic carbocycles. The average Bonchev–Trinajstić information content (AvgIpc) is 3.38. The standard InChI is InChI=1S/C22H16I2N8/c23-21-19(27-29-31(21)13-17-8-1-3-10-25-17)15-6-5-7-16(12-15)20-22(24)32(30-28-20)14-18-9-2-4-11-26-18/h1-12H,13-14H2. The van der Waals surface area contributed by atoms with Crippen molar-refractivity contribution >= 4 is 45.2 Å². The van der Waals surface area contributed by atoms with Crippen molar-refractivity contribution in [2.75, 3.05) is 0 Å². The molecule has 32 heavy (non-hydrogen) atoms. The molecule has 0 saturated heterocycles. The van der Waals surface area contributed by atoms with Crippen LogP contribution in [-0.4, -0.2) is 40.0 Å². The Balaban J connectivity index is 1.42. The average molecular weight is 646 g/mol. The molecule has 0 fully saturated rings. The topological polar surface area (TPSA) is 87.2 Å². The lowest BCUT2D eigenvalue weighted by Gasteiger charge is -2.05. The van der Waals surface area contributed by atoms with Crippen molar-refractivity contribution in [3.05, 3.63) is 91.8 Å². The maximum atomic E-state index is 4.43. The van der Waals surface area contributed by atoms with Crippen LogP contribution in [0.25, 0.3) is 22.5 Å². The van der Waals surface area contributed by atoms with Crippen molar-refractivity contribution < 1.29 is 0 Å². The van der Waals surface area contributed by atoms with Crippen molar-refractivity contribution in [1.29, 1.82) is 0 Å². The Morgan fingerprint density at radius 1 is 0.625 bits per heavy atom. The van der Waals surface area contributed by atoms with Gasteiger partial charge in [0.1, 0.15) is 18.8 Å². The number of halogens is 2. The van der Waals surface area contributed by atoms with E-state index in [0.717, 1.165) is 41.3 Å². The molecule has 0 spiro atoms. The maximum Gasteiger partial charge on any atom is 0.128 e. The summed E-state index contributed by atoms with van der Waals surface area (Å²) in [6.07, 6.45) is 3.57. The number of benzene rings is 1. The van der Waals surface area contributed by atoms with Crippen LogP contribution in [0.2, 0.25) is 0 Å². The molecule has 0 bridgehead atoms. The van der Waals surface area contributed by atoms with E-state index >= 15 is 0 Å². The summed E-state index contributed by atoms with van der Waals surface area (Å²) < 4.78 is 5.63. The molecule has 0 atom stereocenters. The van der Waals surface area contributed by atoms with Crippen LogP contribution in [0.5, 0.6) is 0 Å². The number of hydrogen-bond donors (Lipinski definition) is 0. The first-order chi connectivity index (χ1) is 15.7. The monoisotopic (exact) mass is 646 g/mol. The van der Waals surface area contributed by atoms with Crippen molar-refractivity contribution in [3.8, 4) is 22.5 Å². The molecule has 10 heteroatoms. The lowest BCUT2D eigenvalue weighted by Crippen LogP contribution is -2.05. The van der Waals surface area contributed by atoms with Gasteiger partial charge in [0.2, 0.25) is 0 Å². The van der Waals surface area contributed by atoms with Crippen molar-refractivity contribution in [3.63, 3.8) is 0 Å². The Bertz CT molecular complexity index is 1250. The van der Waals surface area contributed by atoms with E-state index in [1.165, 1.54) is 0 Å². The van der Waals surface area contributed by atoms with E-state index in [4.69, 9.17) is 0 Å². The van der Waals surface area contributed by atoms with Crippen LogP contribution in [0, 0.1) is 7.40 Å². The first-order valence-electron chi connectivity index (χ1n) is 9.77. The number of hydrogen-bond acceptors (Lipinski definition) is 6. The Kier molecular flexibility index (Phi) is 6.21. The van der Waals surface area contributed by atoms with E-state index in [2.05, 4.69) is 81.8 Å². The summed E-state index contributed by atoms with van der Waals surface area (Å²) in [4.78, 5) is 8.76. The normalized spacial score (nSPS) is 11.1. The fourth-order valence-electron chi connectivity index (χ4n) is 3.26. The SMILES string of the molecule is Ic1c(-c2cccc(-c3nnn(Cc4ccccn4)c3I)c2)nnn1Cc1ccccn1. The summed E-state index contributed by atoms with van der Waals surface area (Å²) in [5, 5.41) is 17.5. The Morgan fingerprint density at radius 3 is 1.56 bits per heavy atom. The van der Waals surface area contributed by atoms with E-state index in [1.54, 1.807) is 12.4 Å². The molecule has 0 radical (unpaired) electrons. The highest BCUT2D eigenvalue weighted by Gasteiger charge is 2.17. The van der Waals surface area contributed by atoms with Gasteiger partial charge < -0.3 is 0 Å². The zero-order valence-electron chi connectivity index (χ0n) is 16.7. The second-order valence-electron chi connectivity index (χ2n) is 7.00. The van der Waals surface area contributed by atoms with Crippen molar-refractivity contribution in [2.45, 2.75) is 13.1 Å². The fraction of sp³-hybridized carbons (Fsp3) is 0.0909. The van der Waals surface area contributed by atoms with Gasteiger partial charge in [0.25, 0.3) is 0 Å². The quantitative estimate of drug-likeness (QED) is 0.256. The molecule has 0 aliphatic carbocycles.